The zero-order chi connectivity index (χ0) is 18.5. The fourth-order valence-electron chi connectivity index (χ4n) is 3.68. The van der Waals surface area contributed by atoms with Crippen molar-refractivity contribution in [3.05, 3.63) is 76.0 Å². The highest BCUT2D eigenvalue weighted by molar-refractivity contribution is 6.44. The van der Waals surface area contributed by atoms with Gasteiger partial charge in [0.2, 0.25) is 0 Å². The monoisotopic (exact) mass is 384 g/mol. The molecule has 6 heteroatoms. The maximum atomic E-state index is 6.44. The van der Waals surface area contributed by atoms with Crippen LogP contribution in [0.5, 0.6) is 0 Å². The highest BCUT2D eigenvalue weighted by Gasteiger charge is 2.36. The van der Waals surface area contributed by atoms with Crippen LogP contribution in [0.2, 0.25) is 10.0 Å². The Morgan fingerprint density at radius 1 is 1.08 bits per heavy atom. The minimum atomic E-state index is -0.667. The topological polar surface area (TPSA) is 69.3 Å². The summed E-state index contributed by atoms with van der Waals surface area (Å²) in [5, 5.41) is 0.763. The number of aromatic nitrogens is 1. The second-order valence-corrected chi connectivity index (χ2v) is 7.45. The van der Waals surface area contributed by atoms with Crippen molar-refractivity contribution >= 4 is 34.7 Å². The smallest absolute Gasteiger partial charge is 0.143 e. The summed E-state index contributed by atoms with van der Waals surface area (Å²) >= 11 is 12.7. The predicted molar refractivity (Wildman–Crippen MR) is 109 cm³/mol. The molecule has 26 heavy (non-hydrogen) atoms. The van der Waals surface area contributed by atoms with E-state index in [1.807, 2.05) is 61.7 Å². The van der Waals surface area contributed by atoms with E-state index in [1.54, 1.807) is 0 Å². The van der Waals surface area contributed by atoms with Crippen molar-refractivity contribution in [3.63, 3.8) is 0 Å². The van der Waals surface area contributed by atoms with Crippen molar-refractivity contribution in [2.45, 2.75) is 19.0 Å². The number of hydrogen-bond acceptors (Lipinski definition) is 3. The third-order valence-corrected chi connectivity index (χ3v) is 5.62. The molecule has 1 unspecified atom stereocenters. The summed E-state index contributed by atoms with van der Waals surface area (Å²) in [4.78, 5) is 4.81. The van der Waals surface area contributed by atoms with Crippen molar-refractivity contribution < 1.29 is 0 Å². The van der Waals surface area contributed by atoms with Crippen LogP contribution in [0.15, 0.2) is 59.7 Å². The molecular formula is C20H18Cl2N4. The summed E-state index contributed by atoms with van der Waals surface area (Å²) in [7, 11) is 0. The second kappa shape index (κ2) is 6.08. The van der Waals surface area contributed by atoms with Gasteiger partial charge >= 0.3 is 0 Å². The molecule has 0 saturated carbocycles. The van der Waals surface area contributed by atoms with Crippen molar-refractivity contribution in [1.29, 1.82) is 0 Å². The Labute approximate surface area is 162 Å². The highest BCUT2D eigenvalue weighted by atomic mass is 35.5. The van der Waals surface area contributed by atoms with Gasteiger partial charge in [-0.2, -0.15) is 0 Å². The normalized spacial score (nSPS) is 19.1. The zero-order valence-corrected chi connectivity index (χ0v) is 15.7. The molecule has 1 aliphatic rings. The lowest BCUT2D eigenvalue weighted by Crippen LogP contribution is -2.37. The molecule has 0 aliphatic carbocycles. The Bertz CT molecular complexity index is 1020. The van der Waals surface area contributed by atoms with Gasteiger partial charge < -0.3 is 16.0 Å². The van der Waals surface area contributed by atoms with E-state index < -0.39 is 5.54 Å². The number of nitrogens with two attached hydrogens (primary N) is 2. The maximum Gasteiger partial charge on any atom is 0.143 e. The lowest BCUT2D eigenvalue weighted by atomic mass is 9.83. The van der Waals surface area contributed by atoms with Gasteiger partial charge in [0.1, 0.15) is 11.4 Å². The first kappa shape index (κ1) is 17.0. The largest absolute Gasteiger partial charge is 0.397 e. The number of fused-ring (bicyclic) bond motifs is 1. The van der Waals surface area contributed by atoms with Gasteiger partial charge in [0.15, 0.2) is 0 Å². The molecule has 0 fully saturated rings. The molecule has 2 heterocycles. The molecular weight excluding hydrogens is 367 g/mol. The summed E-state index contributed by atoms with van der Waals surface area (Å²) in [5.41, 5.74) is 16.1. The van der Waals surface area contributed by atoms with Gasteiger partial charge in [0, 0.05) is 11.8 Å². The zero-order valence-electron chi connectivity index (χ0n) is 14.2. The summed E-state index contributed by atoms with van der Waals surface area (Å²) in [6.07, 6.45) is 1.99. The van der Waals surface area contributed by atoms with Gasteiger partial charge in [-0.3, -0.25) is 4.99 Å². The molecule has 0 radical (unpaired) electrons. The SMILES string of the molecule is CC1(c2c(-c3ccccc3)cc(Cl)c(Cl)c2N)Cn2cccc2C(N)=N1. The molecule has 1 aromatic heterocycles. The number of hydrogen-bond donors (Lipinski definition) is 2. The van der Waals surface area contributed by atoms with Crippen molar-refractivity contribution in [2.75, 3.05) is 5.73 Å². The van der Waals surface area contributed by atoms with Crippen LogP contribution in [0.1, 0.15) is 18.2 Å². The second-order valence-electron chi connectivity index (χ2n) is 6.67. The van der Waals surface area contributed by atoms with E-state index in [-0.39, 0.29) is 0 Å². The molecule has 4 nitrogen and oxygen atoms in total. The predicted octanol–water partition coefficient (Wildman–Crippen LogP) is 4.68. The van der Waals surface area contributed by atoms with Crippen LogP contribution < -0.4 is 11.5 Å². The molecule has 0 bridgehead atoms. The third kappa shape index (κ3) is 2.57. The number of nitrogen functional groups attached to an aromatic ring is 1. The molecule has 0 saturated heterocycles. The Morgan fingerprint density at radius 2 is 1.81 bits per heavy atom. The van der Waals surface area contributed by atoms with E-state index in [0.717, 1.165) is 22.4 Å². The number of halogens is 2. The number of benzene rings is 2. The Hall–Kier alpha value is -2.43. The summed E-state index contributed by atoms with van der Waals surface area (Å²) in [6, 6.07) is 15.7. The van der Waals surface area contributed by atoms with E-state index >= 15 is 0 Å². The highest BCUT2D eigenvalue weighted by Crippen LogP contribution is 2.46. The van der Waals surface area contributed by atoms with E-state index in [1.165, 1.54) is 0 Å². The van der Waals surface area contributed by atoms with E-state index in [9.17, 15) is 0 Å². The number of anilines is 1. The lowest BCUT2D eigenvalue weighted by Gasteiger charge is -2.34. The molecule has 4 N–H and O–H groups in total. The molecule has 1 atom stereocenters. The van der Waals surface area contributed by atoms with E-state index in [2.05, 4.69) is 4.57 Å². The Balaban J connectivity index is 2.00. The minimum absolute atomic E-state index is 0.342. The summed E-state index contributed by atoms with van der Waals surface area (Å²) < 4.78 is 2.08. The maximum absolute atomic E-state index is 6.44. The van der Waals surface area contributed by atoms with Gasteiger partial charge in [0.05, 0.1) is 28.0 Å². The molecule has 132 valence electrons. The number of rotatable bonds is 2. The van der Waals surface area contributed by atoms with E-state index in [0.29, 0.717) is 28.1 Å². The molecule has 0 amide bonds. The van der Waals surface area contributed by atoms with Gasteiger partial charge in [-0.1, -0.05) is 53.5 Å². The van der Waals surface area contributed by atoms with Crippen LogP contribution in [0.4, 0.5) is 5.69 Å². The van der Waals surface area contributed by atoms with Crippen molar-refractivity contribution in [2.24, 2.45) is 10.7 Å². The quantitative estimate of drug-likeness (QED) is 0.629. The van der Waals surface area contributed by atoms with Crippen LogP contribution >= 0.6 is 23.2 Å². The summed E-state index contributed by atoms with van der Waals surface area (Å²) in [6.45, 7) is 2.63. The Kier molecular flexibility index (Phi) is 3.98. The third-order valence-electron chi connectivity index (χ3n) is 4.82. The van der Waals surface area contributed by atoms with Crippen LogP contribution in [-0.2, 0) is 12.1 Å². The number of aliphatic imine (C=N–C) groups is 1. The van der Waals surface area contributed by atoms with Gasteiger partial charge in [-0.25, -0.2) is 0 Å². The lowest BCUT2D eigenvalue weighted by molar-refractivity contribution is 0.405. The molecule has 1 aliphatic heterocycles. The summed E-state index contributed by atoms with van der Waals surface area (Å²) in [5.74, 6) is 0.480. The standard InChI is InChI=1S/C20H18Cl2N4/c1-20(11-26-9-5-8-15(26)19(24)25-20)16-13(12-6-3-2-4-7-12)10-14(21)17(22)18(16)23/h2-10H,11,23H2,1H3,(H2,24,25). The molecule has 2 aromatic carbocycles. The van der Waals surface area contributed by atoms with Crippen LogP contribution in [0.3, 0.4) is 0 Å². The number of nitrogens with zero attached hydrogens (tertiary/aromatic N) is 2. The van der Waals surface area contributed by atoms with Crippen LogP contribution in [0, 0.1) is 0 Å². The molecule has 3 aromatic rings. The molecule has 4 rings (SSSR count). The first-order valence-electron chi connectivity index (χ1n) is 8.25. The van der Waals surface area contributed by atoms with Crippen molar-refractivity contribution in [1.82, 2.24) is 4.57 Å². The van der Waals surface area contributed by atoms with Gasteiger partial charge in [0.25, 0.3) is 0 Å². The molecule has 0 spiro atoms. The number of amidine groups is 1. The van der Waals surface area contributed by atoms with Gasteiger partial charge in [-0.05, 0) is 36.2 Å². The average molecular weight is 385 g/mol. The fourth-order valence-corrected chi connectivity index (χ4v) is 4.04. The van der Waals surface area contributed by atoms with Gasteiger partial charge in [-0.15, -0.1) is 0 Å². The van der Waals surface area contributed by atoms with E-state index in [4.69, 9.17) is 39.7 Å². The fraction of sp³-hybridized carbons (Fsp3) is 0.150. The van der Waals surface area contributed by atoms with Crippen LogP contribution in [0.25, 0.3) is 11.1 Å². The first-order valence-corrected chi connectivity index (χ1v) is 9.00. The first-order chi connectivity index (χ1) is 12.4. The van der Waals surface area contributed by atoms with Crippen molar-refractivity contribution in [3.8, 4) is 11.1 Å². The Morgan fingerprint density at radius 3 is 2.54 bits per heavy atom. The minimum Gasteiger partial charge on any atom is -0.397 e. The van der Waals surface area contributed by atoms with Crippen LogP contribution in [-0.4, -0.2) is 10.4 Å². The average Bonchev–Trinajstić information content (AvgIpc) is 3.08.